The van der Waals surface area contributed by atoms with Crippen molar-refractivity contribution in [3.8, 4) is 0 Å². The summed E-state index contributed by atoms with van der Waals surface area (Å²) < 4.78 is 0. The summed E-state index contributed by atoms with van der Waals surface area (Å²) in [4.78, 5) is 3.88. The zero-order valence-corrected chi connectivity index (χ0v) is 6.56. The molecule has 1 rings (SSSR count). The maximum absolute atomic E-state index is 5.05. The second kappa shape index (κ2) is 3.85. The highest BCUT2D eigenvalue weighted by Crippen LogP contribution is 2.00. The topological polar surface area (TPSA) is 63.0 Å². The first kappa shape index (κ1) is 7.90. The van der Waals surface area contributed by atoms with Crippen molar-refractivity contribution in [2.45, 2.75) is 0 Å². The molecule has 0 aromatic carbocycles. The lowest BCUT2D eigenvalue weighted by atomic mass is 10.4. The van der Waals surface area contributed by atoms with Crippen molar-refractivity contribution >= 4 is 23.0 Å². The van der Waals surface area contributed by atoms with E-state index < -0.39 is 0 Å². The van der Waals surface area contributed by atoms with Crippen molar-refractivity contribution in [1.29, 1.82) is 0 Å². The Labute approximate surface area is 69.8 Å². The standard InChI is InChI=1S/C6H8N4S/c7-10-6(11)9-5-2-1-3-8-4-5/h1-4H,7H2,(H2,9,10,11). The van der Waals surface area contributed by atoms with Crippen molar-refractivity contribution in [3.05, 3.63) is 24.5 Å². The van der Waals surface area contributed by atoms with Gasteiger partial charge in [-0.1, -0.05) is 0 Å². The number of hydrogen-bond donors (Lipinski definition) is 3. The molecule has 0 atom stereocenters. The number of aromatic nitrogens is 1. The number of nitrogens with one attached hydrogen (secondary N) is 2. The van der Waals surface area contributed by atoms with Crippen LogP contribution in [0.1, 0.15) is 0 Å². The van der Waals surface area contributed by atoms with Gasteiger partial charge in [0.1, 0.15) is 0 Å². The molecule has 0 saturated heterocycles. The molecule has 0 radical (unpaired) electrons. The molecule has 4 nitrogen and oxygen atoms in total. The van der Waals surface area contributed by atoms with E-state index in [1.165, 1.54) is 0 Å². The Morgan fingerprint density at radius 2 is 2.45 bits per heavy atom. The lowest BCUT2D eigenvalue weighted by Gasteiger charge is -2.04. The second-order valence-corrected chi connectivity index (χ2v) is 2.25. The van der Waals surface area contributed by atoms with Crippen LogP contribution in [0.25, 0.3) is 0 Å². The van der Waals surface area contributed by atoms with Crippen LogP contribution in [-0.4, -0.2) is 10.1 Å². The molecule has 0 aliphatic rings. The number of hydrazine groups is 1. The molecule has 0 spiro atoms. The van der Waals surface area contributed by atoms with Gasteiger partial charge >= 0.3 is 0 Å². The minimum Gasteiger partial charge on any atom is -0.330 e. The summed E-state index contributed by atoms with van der Waals surface area (Å²) in [5.41, 5.74) is 3.12. The zero-order chi connectivity index (χ0) is 8.10. The minimum absolute atomic E-state index is 0.373. The number of hydrogen-bond acceptors (Lipinski definition) is 3. The molecule has 0 unspecified atom stereocenters. The Balaban J connectivity index is 2.58. The third-order valence-electron chi connectivity index (χ3n) is 1.05. The largest absolute Gasteiger partial charge is 0.330 e. The van der Waals surface area contributed by atoms with Gasteiger partial charge in [0.15, 0.2) is 5.11 Å². The number of rotatable bonds is 1. The molecule has 58 valence electrons. The minimum atomic E-state index is 0.373. The number of anilines is 1. The molecule has 5 heteroatoms. The SMILES string of the molecule is NNC(=S)Nc1cccnc1. The lowest BCUT2D eigenvalue weighted by Crippen LogP contribution is -2.34. The van der Waals surface area contributed by atoms with Gasteiger partial charge in [-0.15, -0.1) is 0 Å². The Bertz CT molecular complexity index is 236. The highest BCUT2D eigenvalue weighted by Gasteiger charge is 1.91. The number of nitrogens with two attached hydrogens (primary N) is 1. The third kappa shape index (κ3) is 2.48. The van der Waals surface area contributed by atoms with E-state index in [0.29, 0.717) is 5.11 Å². The predicted octanol–water partition coefficient (Wildman–Crippen LogP) is 0.242. The fourth-order valence-corrected chi connectivity index (χ4v) is 0.722. The van der Waals surface area contributed by atoms with E-state index in [4.69, 9.17) is 18.1 Å². The maximum Gasteiger partial charge on any atom is 0.185 e. The summed E-state index contributed by atoms with van der Waals surface area (Å²) in [5.74, 6) is 5.05. The lowest BCUT2D eigenvalue weighted by molar-refractivity contribution is 1.04. The van der Waals surface area contributed by atoms with Gasteiger partial charge in [-0.05, 0) is 24.4 Å². The Morgan fingerprint density at radius 3 is 3.00 bits per heavy atom. The Kier molecular flexibility index (Phi) is 2.76. The highest BCUT2D eigenvalue weighted by molar-refractivity contribution is 7.80. The van der Waals surface area contributed by atoms with Crippen LogP contribution in [0.5, 0.6) is 0 Å². The molecule has 1 heterocycles. The van der Waals surface area contributed by atoms with Crippen LogP contribution in [0.3, 0.4) is 0 Å². The predicted molar refractivity (Wildman–Crippen MR) is 47.8 cm³/mol. The molecule has 0 aliphatic carbocycles. The van der Waals surface area contributed by atoms with E-state index in [1.807, 2.05) is 12.1 Å². The van der Waals surface area contributed by atoms with Gasteiger partial charge in [0.05, 0.1) is 11.9 Å². The van der Waals surface area contributed by atoms with Crippen molar-refractivity contribution in [3.63, 3.8) is 0 Å². The van der Waals surface area contributed by atoms with Crippen molar-refractivity contribution in [1.82, 2.24) is 10.4 Å². The molecular weight excluding hydrogens is 160 g/mol. The van der Waals surface area contributed by atoms with Crippen LogP contribution in [0.4, 0.5) is 5.69 Å². The summed E-state index contributed by atoms with van der Waals surface area (Å²) in [6, 6.07) is 3.65. The van der Waals surface area contributed by atoms with Crippen LogP contribution >= 0.6 is 12.2 Å². The first-order valence-corrected chi connectivity index (χ1v) is 3.41. The Morgan fingerprint density at radius 1 is 1.64 bits per heavy atom. The van der Waals surface area contributed by atoms with Crippen molar-refractivity contribution in [2.75, 3.05) is 5.32 Å². The molecule has 1 aromatic heterocycles. The maximum atomic E-state index is 5.05. The van der Waals surface area contributed by atoms with E-state index in [1.54, 1.807) is 12.4 Å². The molecule has 0 aliphatic heterocycles. The summed E-state index contributed by atoms with van der Waals surface area (Å²) in [6.45, 7) is 0. The van der Waals surface area contributed by atoms with E-state index in [2.05, 4.69) is 15.7 Å². The zero-order valence-electron chi connectivity index (χ0n) is 5.74. The van der Waals surface area contributed by atoms with E-state index >= 15 is 0 Å². The Hall–Kier alpha value is -1.20. The van der Waals surface area contributed by atoms with Crippen LogP contribution in [-0.2, 0) is 0 Å². The van der Waals surface area contributed by atoms with Crippen LogP contribution in [0, 0.1) is 0 Å². The number of nitrogens with zero attached hydrogens (tertiary/aromatic N) is 1. The van der Waals surface area contributed by atoms with Gasteiger partial charge in [-0.2, -0.15) is 0 Å². The molecule has 0 bridgehead atoms. The number of pyridine rings is 1. The number of thiocarbonyl (C=S) groups is 1. The molecule has 1 aromatic rings. The first-order valence-electron chi connectivity index (χ1n) is 3.00. The summed E-state index contributed by atoms with van der Waals surface area (Å²) in [5, 5.41) is 3.20. The summed E-state index contributed by atoms with van der Waals surface area (Å²) in [6.07, 6.45) is 3.34. The molecular formula is C6H8N4S. The van der Waals surface area contributed by atoms with E-state index in [9.17, 15) is 0 Å². The van der Waals surface area contributed by atoms with Crippen LogP contribution in [0.2, 0.25) is 0 Å². The second-order valence-electron chi connectivity index (χ2n) is 1.84. The molecule has 0 fully saturated rings. The average Bonchev–Trinajstić information content (AvgIpc) is 2.06. The average molecular weight is 168 g/mol. The van der Waals surface area contributed by atoms with E-state index in [0.717, 1.165) is 5.69 Å². The van der Waals surface area contributed by atoms with E-state index in [-0.39, 0.29) is 0 Å². The van der Waals surface area contributed by atoms with Crippen molar-refractivity contribution < 1.29 is 0 Å². The van der Waals surface area contributed by atoms with Gasteiger partial charge in [0.2, 0.25) is 0 Å². The van der Waals surface area contributed by atoms with Gasteiger partial charge in [-0.25, -0.2) is 5.84 Å². The first-order chi connectivity index (χ1) is 5.33. The fourth-order valence-electron chi connectivity index (χ4n) is 0.604. The summed E-state index contributed by atoms with van der Waals surface area (Å²) >= 11 is 4.76. The fraction of sp³-hybridized carbons (Fsp3) is 0. The quantitative estimate of drug-likeness (QED) is 0.318. The highest BCUT2D eigenvalue weighted by atomic mass is 32.1. The van der Waals surface area contributed by atoms with Gasteiger partial charge in [-0.3, -0.25) is 4.98 Å². The molecule has 0 saturated carbocycles. The van der Waals surface area contributed by atoms with Crippen LogP contribution in [0.15, 0.2) is 24.5 Å². The third-order valence-corrected chi connectivity index (χ3v) is 1.27. The molecule has 4 N–H and O–H groups in total. The molecule has 11 heavy (non-hydrogen) atoms. The smallest absolute Gasteiger partial charge is 0.185 e. The summed E-state index contributed by atoms with van der Waals surface area (Å²) in [7, 11) is 0. The van der Waals surface area contributed by atoms with Gasteiger partial charge < -0.3 is 10.7 Å². The van der Waals surface area contributed by atoms with Crippen LogP contribution < -0.4 is 16.6 Å². The van der Waals surface area contributed by atoms with Gasteiger partial charge in [0, 0.05) is 6.20 Å². The van der Waals surface area contributed by atoms with Gasteiger partial charge in [0.25, 0.3) is 0 Å². The van der Waals surface area contributed by atoms with Crippen molar-refractivity contribution in [2.24, 2.45) is 5.84 Å². The normalized spacial score (nSPS) is 8.82. The molecule has 0 amide bonds. The monoisotopic (exact) mass is 168 g/mol.